The van der Waals surface area contributed by atoms with Crippen LogP contribution < -0.4 is 0 Å². The van der Waals surface area contributed by atoms with Crippen LogP contribution >= 0.6 is 11.6 Å². The Morgan fingerprint density at radius 3 is 2.75 bits per heavy atom. The van der Waals surface area contributed by atoms with E-state index in [0.29, 0.717) is 5.17 Å². The van der Waals surface area contributed by atoms with Gasteiger partial charge in [-0.25, -0.2) is 4.99 Å². The zero-order chi connectivity index (χ0) is 11.5. The van der Waals surface area contributed by atoms with Crippen LogP contribution in [-0.4, -0.2) is 34.6 Å². The zero-order valence-electron chi connectivity index (χ0n) is 9.75. The summed E-state index contributed by atoms with van der Waals surface area (Å²) < 4.78 is 0. The Balaban J connectivity index is 2.22. The van der Waals surface area contributed by atoms with Crippen LogP contribution in [0.4, 0.5) is 0 Å². The highest BCUT2D eigenvalue weighted by Gasteiger charge is 2.24. The highest BCUT2D eigenvalue weighted by Crippen LogP contribution is 2.25. The number of likely N-dealkylation sites (tertiary alicyclic amines) is 1. The second kappa shape index (κ2) is 4.91. The van der Waals surface area contributed by atoms with Gasteiger partial charge >= 0.3 is 0 Å². The summed E-state index contributed by atoms with van der Waals surface area (Å²) in [5.41, 5.74) is 0. The molecule has 1 fully saturated rings. The fourth-order valence-corrected chi connectivity index (χ4v) is 2.40. The van der Waals surface area contributed by atoms with E-state index in [0.717, 1.165) is 31.9 Å². The van der Waals surface area contributed by atoms with Crippen molar-refractivity contribution in [3.63, 3.8) is 0 Å². The molecule has 3 nitrogen and oxygen atoms in total. The summed E-state index contributed by atoms with van der Waals surface area (Å²) in [5, 5.41) is 0.541. The smallest absolute Gasteiger partial charge is 0.135 e. The Bertz CT molecular complexity index is 340. The molecule has 16 heavy (non-hydrogen) atoms. The van der Waals surface area contributed by atoms with Crippen LogP contribution in [0.1, 0.15) is 26.2 Å². The second-order valence-corrected chi connectivity index (χ2v) is 4.59. The van der Waals surface area contributed by atoms with Crippen molar-refractivity contribution in [3.8, 4) is 0 Å². The summed E-state index contributed by atoms with van der Waals surface area (Å²) in [6.07, 6.45) is 5.56. The van der Waals surface area contributed by atoms with Crippen molar-refractivity contribution in [2.75, 3.05) is 19.6 Å². The SMILES string of the molecule is C=C1N=C(Cl)C=C(N2CCCC2)N1CCC. The van der Waals surface area contributed by atoms with E-state index in [1.54, 1.807) is 0 Å². The van der Waals surface area contributed by atoms with E-state index in [1.807, 2.05) is 6.08 Å². The summed E-state index contributed by atoms with van der Waals surface area (Å²) in [6, 6.07) is 0. The Labute approximate surface area is 102 Å². The van der Waals surface area contributed by atoms with Gasteiger partial charge in [0.25, 0.3) is 0 Å². The van der Waals surface area contributed by atoms with Crippen LogP contribution in [-0.2, 0) is 0 Å². The molecule has 2 aliphatic rings. The molecule has 0 aliphatic carbocycles. The van der Waals surface area contributed by atoms with Gasteiger partial charge < -0.3 is 9.80 Å². The van der Waals surface area contributed by atoms with Crippen LogP contribution in [0.25, 0.3) is 0 Å². The average Bonchev–Trinajstić information content (AvgIpc) is 2.75. The molecule has 0 amide bonds. The molecule has 0 aromatic heterocycles. The number of hydrogen-bond acceptors (Lipinski definition) is 3. The van der Waals surface area contributed by atoms with Crippen molar-refractivity contribution in [1.82, 2.24) is 9.80 Å². The van der Waals surface area contributed by atoms with Crippen molar-refractivity contribution in [2.45, 2.75) is 26.2 Å². The highest BCUT2D eigenvalue weighted by molar-refractivity contribution is 6.68. The molecule has 2 rings (SSSR count). The average molecular weight is 240 g/mol. The van der Waals surface area contributed by atoms with Gasteiger partial charge in [-0.2, -0.15) is 0 Å². The molecule has 0 atom stereocenters. The van der Waals surface area contributed by atoms with Crippen molar-refractivity contribution in [3.05, 3.63) is 24.3 Å². The van der Waals surface area contributed by atoms with Gasteiger partial charge in [-0.3, -0.25) is 0 Å². The summed E-state index contributed by atoms with van der Waals surface area (Å²) >= 11 is 6.01. The van der Waals surface area contributed by atoms with Gasteiger partial charge in [-0.15, -0.1) is 0 Å². The van der Waals surface area contributed by atoms with Crippen molar-refractivity contribution in [1.29, 1.82) is 0 Å². The topological polar surface area (TPSA) is 18.8 Å². The Morgan fingerprint density at radius 1 is 1.44 bits per heavy atom. The minimum atomic E-state index is 0.541. The molecule has 1 saturated heterocycles. The monoisotopic (exact) mass is 239 g/mol. The summed E-state index contributed by atoms with van der Waals surface area (Å²) in [6.45, 7) is 9.32. The molecule has 0 unspecified atom stereocenters. The van der Waals surface area contributed by atoms with Gasteiger partial charge in [0.1, 0.15) is 16.8 Å². The zero-order valence-corrected chi connectivity index (χ0v) is 10.5. The van der Waals surface area contributed by atoms with Crippen LogP contribution in [0.5, 0.6) is 0 Å². The van der Waals surface area contributed by atoms with Gasteiger partial charge in [0, 0.05) is 25.7 Å². The third-order valence-electron chi connectivity index (χ3n) is 2.95. The minimum absolute atomic E-state index is 0.541. The Hall–Kier alpha value is -0.960. The number of aliphatic imine (C=N–C) groups is 1. The van der Waals surface area contributed by atoms with Gasteiger partial charge in [-0.1, -0.05) is 25.1 Å². The molecular formula is C12H18ClN3. The lowest BCUT2D eigenvalue weighted by atomic mass is 10.3. The maximum atomic E-state index is 6.01. The molecule has 88 valence electrons. The third-order valence-corrected chi connectivity index (χ3v) is 3.14. The normalized spacial score (nSPS) is 21.2. The number of rotatable bonds is 3. The second-order valence-electron chi connectivity index (χ2n) is 4.20. The predicted molar refractivity (Wildman–Crippen MR) is 68.3 cm³/mol. The number of nitrogens with zero attached hydrogens (tertiary/aromatic N) is 3. The van der Waals surface area contributed by atoms with E-state index in [9.17, 15) is 0 Å². The summed E-state index contributed by atoms with van der Waals surface area (Å²) in [4.78, 5) is 8.75. The lowest BCUT2D eigenvalue weighted by Gasteiger charge is -2.35. The number of allylic oxidation sites excluding steroid dienone is 1. The van der Waals surface area contributed by atoms with Crippen molar-refractivity contribution in [2.24, 2.45) is 4.99 Å². The van der Waals surface area contributed by atoms with E-state index < -0.39 is 0 Å². The molecule has 0 radical (unpaired) electrons. The first-order valence-corrected chi connectivity index (χ1v) is 6.27. The van der Waals surface area contributed by atoms with E-state index in [4.69, 9.17) is 11.6 Å². The fraction of sp³-hybridized carbons (Fsp3) is 0.583. The quantitative estimate of drug-likeness (QED) is 0.754. The van der Waals surface area contributed by atoms with Crippen molar-refractivity contribution < 1.29 is 0 Å². The predicted octanol–water partition coefficient (Wildman–Crippen LogP) is 2.76. The molecule has 0 aromatic rings. The Kier molecular flexibility index (Phi) is 3.54. The third kappa shape index (κ3) is 2.24. The molecule has 2 aliphatic heterocycles. The standard InChI is InChI=1S/C12H18ClN3/c1-3-6-16-10(2)14-11(13)9-12(16)15-7-4-5-8-15/h9H,2-8H2,1H3. The van der Waals surface area contributed by atoms with Gasteiger partial charge in [-0.05, 0) is 19.3 Å². The largest absolute Gasteiger partial charge is 0.358 e. The molecule has 0 N–H and O–H groups in total. The first kappa shape index (κ1) is 11.5. The molecule has 0 aromatic carbocycles. The summed E-state index contributed by atoms with van der Waals surface area (Å²) in [5.74, 6) is 1.93. The number of halogens is 1. The van der Waals surface area contributed by atoms with Gasteiger partial charge in [0.2, 0.25) is 0 Å². The van der Waals surface area contributed by atoms with Gasteiger partial charge in [0.15, 0.2) is 0 Å². The molecule has 0 bridgehead atoms. The van der Waals surface area contributed by atoms with Crippen LogP contribution in [0.2, 0.25) is 0 Å². The first-order chi connectivity index (χ1) is 7.72. The highest BCUT2D eigenvalue weighted by atomic mass is 35.5. The fourth-order valence-electron chi connectivity index (χ4n) is 2.21. The molecule has 0 saturated carbocycles. The van der Waals surface area contributed by atoms with Crippen LogP contribution in [0.3, 0.4) is 0 Å². The number of hydrogen-bond donors (Lipinski definition) is 0. The first-order valence-electron chi connectivity index (χ1n) is 5.89. The maximum Gasteiger partial charge on any atom is 0.135 e. The van der Waals surface area contributed by atoms with E-state index in [1.165, 1.54) is 18.7 Å². The van der Waals surface area contributed by atoms with Gasteiger partial charge in [0.05, 0.1) is 0 Å². The maximum absolute atomic E-state index is 6.01. The minimum Gasteiger partial charge on any atom is -0.358 e. The lowest BCUT2D eigenvalue weighted by molar-refractivity contribution is 0.272. The molecule has 0 spiro atoms. The van der Waals surface area contributed by atoms with Crippen molar-refractivity contribution >= 4 is 16.8 Å². The van der Waals surface area contributed by atoms with Crippen LogP contribution in [0, 0.1) is 0 Å². The summed E-state index contributed by atoms with van der Waals surface area (Å²) in [7, 11) is 0. The van der Waals surface area contributed by atoms with E-state index >= 15 is 0 Å². The molecule has 2 heterocycles. The van der Waals surface area contributed by atoms with E-state index in [2.05, 4.69) is 28.3 Å². The molecule has 4 heteroatoms. The van der Waals surface area contributed by atoms with E-state index in [-0.39, 0.29) is 0 Å². The Morgan fingerprint density at radius 2 is 2.12 bits per heavy atom. The lowest BCUT2D eigenvalue weighted by Crippen LogP contribution is -2.35. The molecular weight excluding hydrogens is 222 g/mol. The van der Waals surface area contributed by atoms with Crippen LogP contribution in [0.15, 0.2) is 29.3 Å².